The number of esters is 1. The molecule has 1 atom stereocenters. The van der Waals surface area contributed by atoms with Gasteiger partial charge in [-0.1, -0.05) is 30.3 Å². The minimum absolute atomic E-state index is 0.170. The molecule has 1 amide bonds. The highest BCUT2D eigenvalue weighted by atomic mass is 19.4. The fourth-order valence-electron chi connectivity index (χ4n) is 3.59. The number of hydrogen-bond acceptors (Lipinski definition) is 6. The van der Waals surface area contributed by atoms with Gasteiger partial charge in [0.05, 0.1) is 12.8 Å². The van der Waals surface area contributed by atoms with Crippen LogP contribution in [0.3, 0.4) is 0 Å². The maximum absolute atomic E-state index is 14.4. The van der Waals surface area contributed by atoms with Crippen molar-refractivity contribution >= 4 is 17.7 Å². The summed E-state index contributed by atoms with van der Waals surface area (Å²) in [6.07, 6.45) is -5.21. The van der Waals surface area contributed by atoms with Gasteiger partial charge in [-0.05, 0) is 45.0 Å². The number of carbonyl (C=O) groups is 2. The van der Waals surface area contributed by atoms with Gasteiger partial charge in [-0.15, -0.1) is 0 Å². The Labute approximate surface area is 210 Å². The average Bonchev–Trinajstić information content (AvgIpc) is 3.17. The highest BCUT2D eigenvalue weighted by Gasteiger charge is 2.63. The lowest BCUT2D eigenvalue weighted by atomic mass is 9.91. The Morgan fingerprint density at radius 3 is 2.03 bits per heavy atom. The topological polar surface area (TPSA) is 91.7 Å². The lowest BCUT2D eigenvalue weighted by Gasteiger charge is -2.33. The molecule has 8 nitrogen and oxygen atoms in total. The maximum Gasteiger partial charge on any atom is 0.430 e. The summed E-state index contributed by atoms with van der Waals surface area (Å²) in [5.74, 6) is -3.85. The van der Waals surface area contributed by atoms with Gasteiger partial charge in [-0.25, -0.2) is 9.18 Å². The van der Waals surface area contributed by atoms with E-state index in [9.17, 15) is 27.2 Å². The first-order valence-corrected chi connectivity index (χ1v) is 10.9. The monoisotopic (exact) mass is 523 g/mol. The molecule has 3 aromatic rings. The summed E-state index contributed by atoms with van der Waals surface area (Å²) < 4.78 is 73.3. The average molecular weight is 523 g/mol. The molecule has 198 valence electrons. The van der Waals surface area contributed by atoms with Gasteiger partial charge in [-0.2, -0.15) is 18.2 Å². The van der Waals surface area contributed by atoms with Crippen molar-refractivity contribution in [2.24, 2.45) is 0 Å². The molecule has 0 spiro atoms. The predicted molar refractivity (Wildman–Crippen MR) is 125 cm³/mol. The summed E-state index contributed by atoms with van der Waals surface area (Å²) in [5.41, 5.74) is -5.23. The van der Waals surface area contributed by atoms with Gasteiger partial charge in [0.15, 0.2) is 11.5 Å². The number of aromatic nitrogens is 2. The van der Waals surface area contributed by atoms with Gasteiger partial charge >= 0.3 is 18.2 Å². The molecule has 0 aliphatic carbocycles. The number of anilines is 1. The zero-order chi connectivity index (χ0) is 27.6. The van der Waals surface area contributed by atoms with E-state index < -0.39 is 52.1 Å². The molecule has 1 N–H and O–H groups in total. The van der Waals surface area contributed by atoms with Crippen molar-refractivity contribution in [3.05, 3.63) is 71.7 Å². The second-order valence-electron chi connectivity index (χ2n) is 8.81. The Morgan fingerprint density at radius 2 is 1.54 bits per heavy atom. The number of amides is 1. The Bertz CT molecular complexity index is 1270. The van der Waals surface area contributed by atoms with E-state index in [4.69, 9.17) is 14.2 Å². The number of alkyl halides is 3. The molecule has 0 aliphatic rings. The first-order chi connectivity index (χ1) is 17.2. The Morgan fingerprint density at radius 1 is 0.946 bits per heavy atom. The second-order valence-corrected chi connectivity index (χ2v) is 8.81. The van der Waals surface area contributed by atoms with Gasteiger partial charge in [-0.3, -0.25) is 9.36 Å². The maximum atomic E-state index is 14.4. The van der Waals surface area contributed by atoms with Gasteiger partial charge in [0, 0.05) is 12.7 Å². The summed E-state index contributed by atoms with van der Waals surface area (Å²) in [4.78, 5) is 30.6. The third-order valence-electron chi connectivity index (χ3n) is 5.14. The van der Waals surface area contributed by atoms with Gasteiger partial charge < -0.3 is 19.5 Å². The van der Waals surface area contributed by atoms with Crippen molar-refractivity contribution in [3.63, 3.8) is 0 Å². The molecule has 1 heterocycles. The number of nitrogens with zero attached hydrogens (tertiary/aromatic N) is 2. The van der Waals surface area contributed by atoms with Gasteiger partial charge in [0.1, 0.15) is 11.4 Å². The van der Waals surface area contributed by atoms with Gasteiger partial charge in [0.25, 0.3) is 11.5 Å². The van der Waals surface area contributed by atoms with Crippen molar-refractivity contribution < 1.29 is 41.4 Å². The van der Waals surface area contributed by atoms with Crippen molar-refractivity contribution in [3.8, 4) is 11.7 Å². The summed E-state index contributed by atoms with van der Waals surface area (Å²) >= 11 is 0. The number of methoxy groups -OCH3 is 2. The molecular weight excluding hydrogens is 498 g/mol. The first-order valence-electron chi connectivity index (χ1n) is 10.9. The van der Waals surface area contributed by atoms with Crippen LogP contribution in [0, 0.1) is 5.82 Å². The Hall–Kier alpha value is -3.93. The van der Waals surface area contributed by atoms with Crippen molar-refractivity contribution in [1.82, 2.24) is 9.55 Å². The predicted octanol–water partition coefficient (Wildman–Crippen LogP) is 5.02. The fraction of sp³-hybridized carbons (Fsp3) is 0.320. The number of ether oxygens (including phenoxy) is 3. The molecule has 0 fully saturated rings. The molecule has 1 aromatic heterocycles. The highest BCUT2D eigenvalue weighted by molar-refractivity contribution is 6.03. The minimum Gasteiger partial charge on any atom is -0.468 e. The van der Waals surface area contributed by atoms with E-state index in [-0.39, 0.29) is 11.7 Å². The molecule has 1 unspecified atom stereocenters. The van der Waals surface area contributed by atoms with Crippen LogP contribution in [0.5, 0.6) is 6.01 Å². The molecule has 0 radical (unpaired) electrons. The molecule has 0 aliphatic heterocycles. The number of hydrogen-bond donors (Lipinski definition) is 1. The Kier molecular flexibility index (Phi) is 7.63. The lowest BCUT2D eigenvalue weighted by Crippen LogP contribution is -2.53. The lowest BCUT2D eigenvalue weighted by molar-refractivity contribution is -0.263. The van der Waals surface area contributed by atoms with Crippen LogP contribution >= 0.6 is 0 Å². The number of imidazole rings is 1. The van der Waals surface area contributed by atoms with Crippen LogP contribution in [0.2, 0.25) is 0 Å². The number of nitrogens with one attached hydrogen (secondary N) is 1. The van der Waals surface area contributed by atoms with Crippen LogP contribution < -0.4 is 10.1 Å². The van der Waals surface area contributed by atoms with Gasteiger partial charge in [0.2, 0.25) is 0 Å². The third kappa shape index (κ3) is 5.43. The standard InChI is InChI=1S/C25H25F4N3O5/c1-23(2,3)37-20(33)18-19(31-22(35-4)32(18)17-13-11-16(26)12-14-17)30-21(34)24(36-5,25(27,28)29)15-9-7-6-8-10-15/h6-14H,1-5H3,(H,30,34). The second kappa shape index (κ2) is 10.2. The molecule has 12 heteroatoms. The third-order valence-corrected chi connectivity index (χ3v) is 5.14. The quantitative estimate of drug-likeness (QED) is 0.346. The van der Waals surface area contributed by atoms with Crippen molar-refractivity contribution in [2.75, 3.05) is 19.5 Å². The highest BCUT2D eigenvalue weighted by Crippen LogP contribution is 2.43. The molecule has 3 rings (SSSR count). The Balaban J connectivity index is 2.22. The van der Waals surface area contributed by atoms with Crippen LogP contribution in [-0.2, 0) is 19.9 Å². The number of halogens is 4. The van der Waals surface area contributed by atoms with E-state index in [0.29, 0.717) is 0 Å². The minimum atomic E-state index is -5.21. The van der Waals surface area contributed by atoms with Crippen LogP contribution in [0.4, 0.5) is 23.4 Å². The van der Waals surface area contributed by atoms with E-state index >= 15 is 0 Å². The van der Waals surface area contributed by atoms with Crippen LogP contribution in [-0.4, -0.2) is 47.4 Å². The van der Waals surface area contributed by atoms with Crippen LogP contribution in [0.15, 0.2) is 54.6 Å². The molecule has 37 heavy (non-hydrogen) atoms. The zero-order valence-electron chi connectivity index (χ0n) is 20.6. The van der Waals surface area contributed by atoms with E-state index in [1.165, 1.54) is 37.4 Å². The van der Waals surface area contributed by atoms with Crippen LogP contribution in [0.1, 0.15) is 36.8 Å². The zero-order valence-corrected chi connectivity index (χ0v) is 20.6. The van der Waals surface area contributed by atoms with E-state index in [1.54, 1.807) is 20.8 Å². The van der Waals surface area contributed by atoms with Crippen LogP contribution in [0.25, 0.3) is 5.69 Å². The summed E-state index contributed by atoms with van der Waals surface area (Å²) in [6.45, 7) is 4.73. The molecule has 2 aromatic carbocycles. The molecule has 0 saturated carbocycles. The van der Waals surface area contributed by atoms with E-state index in [2.05, 4.69) is 10.3 Å². The first kappa shape index (κ1) is 27.7. The number of carbonyl (C=O) groups excluding carboxylic acids is 2. The molecular formula is C25H25F4N3O5. The van der Waals surface area contributed by atoms with Crippen molar-refractivity contribution in [2.45, 2.75) is 38.1 Å². The molecule has 0 saturated heterocycles. The van der Waals surface area contributed by atoms with E-state index in [0.717, 1.165) is 35.9 Å². The number of benzene rings is 2. The molecule has 0 bridgehead atoms. The summed E-state index contributed by atoms with van der Waals surface area (Å²) in [6, 6.07) is 10.8. The largest absolute Gasteiger partial charge is 0.468 e. The fourth-order valence-corrected chi connectivity index (χ4v) is 3.59. The summed E-state index contributed by atoms with van der Waals surface area (Å²) in [5, 5.41) is 2.08. The summed E-state index contributed by atoms with van der Waals surface area (Å²) in [7, 11) is 1.94. The smallest absolute Gasteiger partial charge is 0.430 e. The SMILES string of the molecule is COc1nc(NC(=O)C(OC)(c2ccccc2)C(F)(F)F)c(C(=O)OC(C)(C)C)n1-c1ccc(F)cc1. The van der Waals surface area contributed by atoms with Crippen molar-refractivity contribution in [1.29, 1.82) is 0 Å². The number of rotatable bonds is 7. The normalized spacial score (nSPS) is 13.5. The van der Waals surface area contributed by atoms with E-state index in [1.807, 2.05) is 0 Å².